The minimum absolute atomic E-state index is 0.252. The Balaban J connectivity index is 2.31. The molecule has 0 heterocycles. The predicted octanol–water partition coefficient (Wildman–Crippen LogP) is 2.77. The molecule has 0 spiro atoms. The normalized spacial score (nSPS) is 10.3. The van der Waals surface area contributed by atoms with E-state index in [1.165, 1.54) is 12.1 Å². The van der Waals surface area contributed by atoms with Crippen LogP contribution in [0.5, 0.6) is 5.75 Å². The van der Waals surface area contributed by atoms with Crippen molar-refractivity contribution in [3.05, 3.63) is 29.6 Å². The molecule has 0 fully saturated rings. The molecule has 0 saturated heterocycles. The highest BCUT2D eigenvalue weighted by molar-refractivity contribution is 6.17. The Labute approximate surface area is 94.0 Å². The summed E-state index contributed by atoms with van der Waals surface area (Å²) in [6, 6.07) is 4.43. The molecule has 0 amide bonds. The number of hydrogen-bond donors (Lipinski definition) is 0. The van der Waals surface area contributed by atoms with Crippen LogP contribution in [-0.4, -0.2) is 25.7 Å². The van der Waals surface area contributed by atoms with Gasteiger partial charge in [-0.2, -0.15) is 0 Å². The van der Waals surface area contributed by atoms with Crippen molar-refractivity contribution < 1.29 is 13.9 Å². The highest BCUT2D eigenvalue weighted by Crippen LogP contribution is 2.17. The molecule has 0 unspecified atom stereocenters. The zero-order chi connectivity index (χ0) is 11.1. The van der Waals surface area contributed by atoms with Gasteiger partial charge >= 0.3 is 0 Å². The zero-order valence-corrected chi connectivity index (χ0v) is 9.39. The van der Waals surface area contributed by atoms with E-state index in [0.29, 0.717) is 31.5 Å². The Hall–Kier alpha value is -0.800. The van der Waals surface area contributed by atoms with Gasteiger partial charge in [0.25, 0.3) is 0 Å². The second-order valence-electron chi connectivity index (χ2n) is 3.06. The highest BCUT2D eigenvalue weighted by Gasteiger charge is 2.00. The summed E-state index contributed by atoms with van der Waals surface area (Å²) in [4.78, 5) is 0. The fraction of sp³-hybridized carbons (Fsp3) is 0.455. The van der Waals surface area contributed by atoms with E-state index in [1.54, 1.807) is 13.0 Å². The van der Waals surface area contributed by atoms with Gasteiger partial charge in [0.05, 0.1) is 13.2 Å². The first-order chi connectivity index (χ1) is 7.24. The summed E-state index contributed by atoms with van der Waals surface area (Å²) in [6.45, 7) is 3.26. The summed E-state index contributed by atoms with van der Waals surface area (Å²) in [5.41, 5.74) is 0.785. The zero-order valence-electron chi connectivity index (χ0n) is 8.63. The molecule has 0 bridgehead atoms. The number of alkyl halides is 1. The van der Waals surface area contributed by atoms with Crippen LogP contribution in [0, 0.1) is 12.7 Å². The molecule has 0 radical (unpaired) electrons. The lowest BCUT2D eigenvalue weighted by Gasteiger charge is -2.08. The SMILES string of the molecule is Cc1cc(F)ccc1OCCOCCCl. The van der Waals surface area contributed by atoms with Crippen molar-refractivity contribution in [3.63, 3.8) is 0 Å². The van der Waals surface area contributed by atoms with Gasteiger partial charge in [0.1, 0.15) is 18.2 Å². The van der Waals surface area contributed by atoms with Crippen molar-refractivity contribution in [1.29, 1.82) is 0 Å². The minimum Gasteiger partial charge on any atom is -0.491 e. The summed E-state index contributed by atoms with van der Waals surface area (Å²) < 4.78 is 23.3. The van der Waals surface area contributed by atoms with Gasteiger partial charge in [0, 0.05) is 5.88 Å². The lowest BCUT2D eigenvalue weighted by molar-refractivity contribution is 0.111. The lowest BCUT2D eigenvalue weighted by atomic mass is 10.2. The van der Waals surface area contributed by atoms with Gasteiger partial charge in [0.2, 0.25) is 0 Å². The van der Waals surface area contributed by atoms with E-state index in [0.717, 1.165) is 5.56 Å². The molecule has 4 heteroatoms. The van der Waals surface area contributed by atoms with Gasteiger partial charge in [-0.15, -0.1) is 11.6 Å². The fourth-order valence-corrected chi connectivity index (χ4v) is 1.25. The number of ether oxygens (including phenoxy) is 2. The predicted molar refractivity (Wildman–Crippen MR) is 58.2 cm³/mol. The van der Waals surface area contributed by atoms with Crippen molar-refractivity contribution in [2.75, 3.05) is 25.7 Å². The van der Waals surface area contributed by atoms with Crippen LogP contribution in [0.25, 0.3) is 0 Å². The van der Waals surface area contributed by atoms with Gasteiger partial charge < -0.3 is 9.47 Å². The molecule has 15 heavy (non-hydrogen) atoms. The van der Waals surface area contributed by atoms with E-state index < -0.39 is 0 Å². The molecule has 84 valence electrons. The van der Waals surface area contributed by atoms with Crippen molar-refractivity contribution in [3.8, 4) is 5.75 Å². The third kappa shape index (κ3) is 4.49. The van der Waals surface area contributed by atoms with Crippen molar-refractivity contribution in [2.45, 2.75) is 6.92 Å². The van der Waals surface area contributed by atoms with Crippen molar-refractivity contribution >= 4 is 11.6 Å². The quantitative estimate of drug-likeness (QED) is 0.555. The molecule has 0 saturated carbocycles. The lowest BCUT2D eigenvalue weighted by Crippen LogP contribution is -2.08. The van der Waals surface area contributed by atoms with E-state index in [9.17, 15) is 4.39 Å². The number of rotatable bonds is 6. The number of benzene rings is 1. The second kappa shape index (κ2) is 6.64. The molecule has 2 nitrogen and oxygen atoms in total. The maximum Gasteiger partial charge on any atom is 0.123 e. The summed E-state index contributed by atoms with van der Waals surface area (Å²) >= 11 is 5.43. The molecule has 0 N–H and O–H groups in total. The number of hydrogen-bond acceptors (Lipinski definition) is 2. The van der Waals surface area contributed by atoms with Gasteiger partial charge in [-0.25, -0.2) is 4.39 Å². The molecule has 0 aromatic heterocycles. The molecule has 1 aromatic rings. The van der Waals surface area contributed by atoms with Gasteiger partial charge in [-0.1, -0.05) is 0 Å². The minimum atomic E-state index is -0.252. The van der Waals surface area contributed by atoms with E-state index in [1.807, 2.05) is 0 Å². The first-order valence-corrected chi connectivity index (χ1v) is 5.30. The summed E-state index contributed by atoms with van der Waals surface area (Å²) in [5.74, 6) is 0.916. The van der Waals surface area contributed by atoms with Crippen LogP contribution < -0.4 is 4.74 Å². The molecule has 0 aliphatic rings. The molecular formula is C11H14ClFO2. The van der Waals surface area contributed by atoms with Gasteiger partial charge in [0.15, 0.2) is 0 Å². The first kappa shape index (κ1) is 12.3. The largest absolute Gasteiger partial charge is 0.491 e. The summed E-state index contributed by atoms with van der Waals surface area (Å²) in [6.07, 6.45) is 0. The summed E-state index contributed by atoms with van der Waals surface area (Å²) in [5, 5.41) is 0. The van der Waals surface area contributed by atoms with Crippen LogP contribution in [0.4, 0.5) is 4.39 Å². The molecule has 1 rings (SSSR count). The Morgan fingerprint density at radius 1 is 1.27 bits per heavy atom. The van der Waals surface area contributed by atoms with Crippen LogP contribution in [0.15, 0.2) is 18.2 Å². The molecule has 1 aromatic carbocycles. The Kier molecular flexibility index (Phi) is 5.43. The standard InChI is InChI=1S/C11H14ClFO2/c1-9-8-10(13)2-3-11(9)15-7-6-14-5-4-12/h2-3,8H,4-7H2,1H3. The smallest absolute Gasteiger partial charge is 0.123 e. The van der Waals surface area contributed by atoms with Crippen LogP contribution in [0.1, 0.15) is 5.56 Å². The topological polar surface area (TPSA) is 18.5 Å². The first-order valence-electron chi connectivity index (χ1n) is 4.76. The Morgan fingerprint density at radius 3 is 2.73 bits per heavy atom. The molecule has 0 aliphatic carbocycles. The average Bonchev–Trinajstić information content (AvgIpc) is 2.20. The summed E-state index contributed by atoms with van der Waals surface area (Å²) in [7, 11) is 0. The van der Waals surface area contributed by atoms with E-state index in [2.05, 4.69) is 0 Å². The van der Waals surface area contributed by atoms with Crippen LogP contribution >= 0.6 is 11.6 Å². The number of aryl methyl sites for hydroxylation is 1. The van der Waals surface area contributed by atoms with Crippen LogP contribution in [-0.2, 0) is 4.74 Å². The monoisotopic (exact) mass is 232 g/mol. The van der Waals surface area contributed by atoms with Crippen LogP contribution in [0.2, 0.25) is 0 Å². The average molecular weight is 233 g/mol. The molecular weight excluding hydrogens is 219 g/mol. The third-order valence-corrected chi connectivity index (χ3v) is 2.00. The second-order valence-corrected chi connectivity index (χ2v) is 3.44. The van der Waals surface area contributed by atoms with Gasteiger partial charge in [-0.05, 0) is 30.7 Å². The number of halogens is 2. The Bertz CT molecular complexity index is 305. The van der Waals surface area contributed by atoms with E-state index in [4.69, 9.17) is 21.1 Å². The fourth-order valence-electron chi connectivity index (χ4n) is 1.14. The molecule has 0 atom stereocenters. The maximum atomic E-state index is 12.7. The third-order valence-electron chi connectivity index (χ3n) is 1.84. The highest BCUT2D eigenvalue weighted by atomic mass is 35.5. The van der Waals surface area contributed by atoms with E-state index >= 15 is 0 Å². The molecule has 0 aliphatic heterocycles. The van der Waals surface area contributed by atoms with E-state index in [-0.39, 0.29) is 5.82 Å². The maximum absolute atomic E-state index is 12.7. The van der Waals surface area contributed by atoms with Gasteiger partial charge in [-0.3, -0.25) is 0 Å². The van der Waals surface area contributed by atoms with Crippen molar-refractivity contribution in [1.82, 2.24) is 0 Å². The van der Waals surface area contributed by atoms with Crippen molar-refractivity contribution in [2.24, 2.45) is 0 Å². The Morgan fingerprint density at radius 2 is 2.07 bits per heavy atom. The van der Waals surface area contributed by atoms with Crippen LogP contribution in [0.3, 0.4) is 0 Å².